The van der Waals surface area contributed by atoms with E-state index in [1.165, 1.54) is 111 Å². The zero-order valence-corrected chi connectivity index (χ0v) is 34.2. The topological polar surface area (TPSA) is 16.3 Å². The maximum atomic E-state index is 2.61. The summed E-state index contributed by atoms with van der Waals surface area (Å²) in [7, 11) is 0. The van der Waals surface area contributed by atoms with E-state index < -0.39 is 0 Å². The van der Waals surface area contributed by atoms with E-state index in [-0.39, 0.29) is 17.5 Å². The zero-order chi connectivity index (χ0) is 39.4. The van der Waals surface area contributed by atoms with Gasteiger partial charge in [0.25, 0.3) is 6.71 Å². The number of hydrogen-bond donors (Lipinski definition) is 0. The molecule has 5 heteroatoms. The number of benzene rings is 7. The molecule has 0 N–H and O–H groups in total. The fraction of sp³-hybridized carbons (Fsp3) is 0.170. The van der Waals surface area contributed by atoms with Gasteiger partial charge in [-0.05, 0) is 112 Å². The highest BCUT2D eigenvalue weighted by molar-refractivity contribution is 7.02. The lowest BCUT2D eigenvalue weighted by molar-refractivity contribution is 0.590. The number of rotatable bonds is 3. The predicted molar refractivity (Wildman–Crippen MR) is 247 cm³/mol. The summed E-state index contributed by atoms with van der Waals surface area (Å²) in [5.74, 6) is 0. The number of fused-ring (bicyclic) bond motifs is 7. The Morgan fingerprint density at radius 2 is 0.845 bits per heavy atom. The van der Waals surface area contributed by atoms with Gasteiger partial charge in [-0.3, -0.25) is 0 Å². The summed E-state index contributed by atoms with van der Waals surface area (Å²) in [6.07, 6.45) is 0. The normalized spacial score (nSPS) is 14.0. The SMILES string of the molecule is Cc1cc2c3c(c1)N(c1ccc(C(C)(C)C)cc1)c1c4n(c5ccccc15)-c1cc(-n5c6ccccc6c6ccccc65)cc(c1B34)N2c1ccc(C(C)(C)C)cc1. The van der Waals surface area contributed by atoms with Gasteiger partial charge in [0.2, 0.25) is 0 Å². The van der Waals surface area contributed by atoms with Crippen LogP contribution in [0.5, 0.6) is 0 Å². The summed E-state index contributed by atoms with van der Waals surface area (Å²) in [6.45, 7) is 16.1. The Labute approximate surface area is 340 Å². The second-order valence-electron chi connectivity index (χ2n) is 18.8. The molecule has 9 aromatic rings. The van der Waals surface area contributed by atoms with Gasteiger partial charge in [-0.2, -0.15) is 0 Å². The third-order valence-corrected chi connectivity index (χ3v) is 13.1. The van der Waals surface area contributed by atoms with Gasteiger partial charge in [0, 0.05) is 55.9 Å². The van der Waals surface area contributed by atoms with E-state index in [9.17, 15) is 0 Å². The monoisotopic (exact) mass is 748 g/mol. The van der Waals surface area contributed by atoms with Crippen molar-refractivity contribution < 1.29 is 0 Å². The van der Waals surface area contributed by atoms with Crippen LogP contribution in [-0.4, -0.2) is 15.8 Å². The molecular formula is C53H45BN4. The minimum atomic E-state index is 0.0513. The number of para-hydroxylation sites is 3. The van der Waals surface area contributed by atoms with Crippen LogP contribution in [0.2, 0.25) is 0 Å². The molecule has 58 heavy (non-hydrogen) atoms. The molecule has 0 radical (unpaired) electrons. The van der Waals surface area contributed by atoms with E-state index in [2.05, 4.69) is 213 Å². The van der Waals surface area contributed by atoms with Gasteiger partial charge < -0.3 is 18.9 Å². The fourth-order valence-corrected chi connectivity index (χ4v) is 10.5. The van der Waals surface area contributed by atoms with E-state index in [0.717, 1.165) is 0 Å². The predicted octanol–water partition coefficient (Wildman–Crippen LogP) is 12.0. The Morgan fingerprint density at radius 3 is 1.40 bits per heavy atom. The van der Waals surface area contributed by atoms with Crippen molar-refractivity contribution in [2.75, 3.05) is 9.80 Å². The first-order chi connectivity index (χ1) is 28.0. The lowest BCUT2D eigenvalue weighted by Gasteiger charge is -2.42. The average molecular weight is 749 g/mol. The van der Waals surface area contributed by atoms with Gasteiger partial charge in [-0.15, -0.1) is 0 Å². The maximum absolute atomic E-state index is 2.61. The molecule has 3 aliphatic heterocycles. The van der Waals surface area contributed by atoms with E-state index >= 15 is 0 Å². The third-order valence-electron chi connectivity index (χ3n) is 13.1. The van der Waals surface area contributed by atoms with Crippen LogP contribution >= 0.6 is 0 Å². The van der Waals surface area contributed by atoms with Crippen molar-refractivity contribution in [3.8, 4) is 11.4 Å². The minimum Gasteiger partial charge on any atom is -0.320 e. The van der Waals surface area contributed by atoms with E-state index in [1.807, 2.05) is 0 Å². The first-order valence-electron chi connectivity index (χ1n) is 20.7. The van der Waals surface area contributed by atoms with Crippen LogP contribution < -0.4 is 26.3 Å². The highest BCUT2D eigenvalue weighted by atomic mass is 15.2. The lowest BCUT2D eigenvalue weighted by Crippen LogP contribution is -2.59. The van der Waals surface area contributed by atoms with Gasteiger partial charge in [-0.25, -0.2) is 0 Å². The zero-order valence-electron chi connectivity index (χ0n) is 34.2. The van der Waals surface area contributed by atoms with E-state index in [1.54, 1.807) is 0 Å². The molecule has 0 saturated heterocycles. The Balaban J connectivity index is 1.22. The summed E-state index contributed by atoms with van der Waals surface area (Å²) < 4.78 is 5.10. The first-order valence-corrected chi connectivity index (χ1v) is 20.7. The molecule has 2 aromatic heterocycles. The van der Waals surface area contributed by atoms with Crippen molar-refractivity contribution >= 4 is 90.1 Å². The van der Waals surface area contributed by atoms with Crippen molar-refractivity contribution in [1.29, 1.82) is 0 Å². The summed E-state index contributed by atoms with van der Waals surface area (Å²) >= 11 is 0. The molecule has 0 saturated carbocycles. The number of aromatic nitrogens is 2. The molecule has 0 aliphatic carbocycles. The van der Waals surface area contributed by atoms with Crippen molar-refractivity contribution in [2.45, 2.75) is 59.3 Å². The molecular weight excluding hydrogens is 703 g/mol. The molecule has 4 nitrogen and oxygen atoms in total. The maximum Gasteiger partial charge on any atom is 0.275 e. The second kappa shape index (κ2) is 11.4. The molecule has 5 heterocycles. The molecule has 7 aromatic carbocycles. The van der Waals surface area contributed by atoms with Gasteiger partial charge in [0.05, 0.1) is 27.9 Å². The highest BCUT2D eigenvalue weighted by Crippen LogP contribution is 2.51. The molecule has 0 atom stereocenters. The summed E-state index contributed by atoms with van der Waals surface area (Å²) in [5, 5.41) is 3.82. The largest absolute Gasteiger partial charge is 0.320 e. The molecule has 12 rings (SSSR count). The van der Waals surface area contributed by atoms with Crippen molar-refractivity contribution in [3.05, 3.63) is 162 Å². The Kier molecular flexibility index (Phi) is 6.59. The van der Waals surface area contributed by atoms with E-state index in [0.29, 0.717) is 0 Å². The van der Waals surface area contributed by atoms with Crippen LogP contribution in [0.25, 0.3) is 44.1 Å². The quantitative estimate of drug-likeness (QED) is 0.167. The molecule has 0 fully saturated rings. The standard InChI is InChI=1S/C53H45BN4/c1-32-28-44-48-45(29-32)57(36-26-22-34(23-27-36)53(5,6)7)50-40-16-10-13-19-43(40)58-47-31-37(56-41-17-11-8-14-38(41)39-15-9-12-18-42(39)56)30-46(49(47)54(48)51(50)58)55(44)35-24-20-33(21-25-35)52(2,3)4/h8-31H,1-7H3. The Hall–Kier alpha value is -6.46. The van der Waals surface area contributed by atoms with Crippen LogP contribution in [0.3, 0.4) is 0 Å². The van der Waals surface area contributed by atoms with Crippen molar-refractivity contribution in [2.24, 2.45) is 0 Å². The lowest BCUT2D eigenvalue weighted by atomic mass is 9.36. The van der Waals surface area contributed by atoms with Crippen LogP contribution in [0.1, 0.15) is 58.2 Å². The van der Waals surface area contributed by atoms with Crippen LogP contribution in [0.15, 0.2) is 146 Å². The highest BCUT2D eigenvalue weighted by Gasteiger charge is 2.51. The summed E-state index contributed by atoms with van der Waals surface area (Å²) in [4.78, 5) is 5.15. The number of nitrogens with zero attached hydrogens (tertiary/aromatic N) is 4. The number of aryl methyl sites for hydroxylation is 1. The van der Waals surface area contributed by atoms with Gasteiger partial charge >= 0.3 is 0 Å². The third kappa shape index (κ3) is 4.42. The molecule has 3 aliphatic rings. The van der Waals surface area contributed by atoms with E-state index in [4.69, 9.17) is 0 Å². The first kappa shape index (κ1) is 33.7. The van der Waals surface area contributed by atoms with Gasteiger partial charge in [0.15, 0.2) is 0 Å². The summed E-state index contributed by atoms with van der Waals surface area (Å²) in [5.41, 5.74) is 21.7. The number of hydrogen-bond acceptors (Lipinski definition) is 2. The van der Waals surface area contributed by atoms with Gasteiger partial charge in [0.1, 0.15) is 0 Å². The van der Waals surface area contributed by atoms with Crippen molar-refractivity contribution in [1.82, 2.24) is 9.13 Å². The second-order valence-corrected chi connectivity index (χ2v) is 18.8. The Bertz CT molecular complexity index is 3150. The molecule has 0 spiro atoms. The average Bonchev–Trinajstić information content (AvgIpc) is 3.85. The van der Waals surface area contributed by atoms with Crippen LogP contribution in [0, 0.1) is 6.92 Å². The van der Waals surface area contributed by atoms with Gasteiger partial charge in [-0.1, -0.05) is 120 Å². The van der Waals surface area contributed by atoms with Crippen molar-refractivity contribution in [3.63, 3.8) is 0 Å². The minimum absolute atomic E-state index is 0.0513. The molecule has 0 unspecified atom stereocenters. The Morgan fingerprint density at radius 1 is 0.414 bits per heavy atom. The fourth-order valence-electron chi connectivity index (χ4n) is 10.5. The molecule has 0 amide bonds. The summed E-state index contributed by atoms with van der Waals surface area (Å²) in [6, 6.07) is 55.3. The van der Waals surface area contributed by atoms with Crippen LogP contribution in [-0.2, 0) is 10.8 Å². The smallest absolute Gasteiger partial charge is 0.275 e. The molecule has 0 bridgehead atoms. The molecule has 280 valence electrons. The van der Waals surface area contributed by atoms with Crippen LogP contribution in [0.4, 0.5) is 34.1 Å². The number of anilines is 6.